The molecular formula is C14H26F3NO. The predicted octanol–water partition coefficient (Wildman–Crippen LogP) is 3.90. The van der Waals surface area contributed by atoms with Gasteiger partial charge < -0.3 is 10.1 Å². The Hall–Kier alpha value is -0.290. The fourth-order valence-electron chi connectivity index (χ4n) is 2.55. The normalized spacial score (nSPS) is 28.1. The zero-order valence-corrected chi connectivity index (χ0v) is 12.1. The lowest BCUT2D eigenvalue weighted by Crippen LogP contribution is -2.44. The van der Waals surface area contributed by atoms with Gasteiger partial charge in [0.15, 0.2) is 0 Å². The maximum absolute atomic E-state index is 12.1. The van der Waals surface area contributed by atoms with Crippen LogP contribution in [0.1, 0.15) is 52.9 Å². The van der Waals surface area contributed by atoms with Crippen LogP contribution in [0.5, 0.6) is 0 Å². The van der Waals surface area contributed by atoms with Gasteiger partial charge in [-0.1, -0.05) is 20.3 Å². The Balaban J connectivity index is 2.33. The van der Waals surface area contributed by atoms with Gasteiger partial charge in [0, 0.05) is 12.1 Å². The van der Waals surface area contributed by atoms with E-state index in [9.17, 15) is 13.2 Å². The Kier molecular flexibility index (Phi) is 6.60. The van der Waals surface area contributed by atoms with E-state index >= 15 is 0 Å². The molecule has 0 bridgehead atoms. The van der Waals surface area contributed by atoms with Crippen molar-refractivity contribution in [1.29, 1.82) is 0 Å². The van der Waals surface area contributed by atoms with Gasteiger partial charge in [0.05, 0.1) is 6.10 Å². The first-order chi connectivity index (χ1) is 8.81. The zero-order chi connectivity index (χ0) is 14.5. The van der Waals surface area contributed by atoms with E-state index in [-0.39, 0.29) is 12.1 Å². The van der Waals surface area contributed by atoms with E-state index in [4.69, 9.17) is 4.74 Å². The SMILES string of the molecule is CCC(C)C(C)NC1CCCC(OCC(F)(F)F)C1. The number of alkyl halides is 3. The first-order valence-electron chi connectivity index (χ1n) is 7.26. The second-order valence-electron chi connectivity index (χ2n) is 5.75. The van der Waals surface area contributed by atoms with Crippen LogP contribution >= 0.6 is 0 Å². The van der Waals surface area contributed by atoms with E-state index in [2.05, 4.69) is 26.1 Å². The molecule has 19 heavy (non-hydrogen) atoms. The molecule has 0 aromatic carbocycles. The van der Waals surface area contributed by atoms with E-state index in [1.165, 1.54) is 0 Å². The van der Waals surface area contributed by atoms with Crippen LogP contribution in [-0.4, -0.2) is 31.0 Å². The molecule has 1 fully saturated rings. The van der Waals surface area contributed by atoms with Crippen LogP contribution in [0.4, 0.5) is 13.2 Å². The molecule has 1 N–H and O–H groups in total. The van der Waals surface area contributed by atoms with Crippen molar-refractivity contribution in [1.82, 2.24) is 5.32 Å². The van der Waals surface area contributed by atoms with Crippen molar-refractivity contribution in [2.45, 2.75) is 77.2 Å². The van der Waals surface area contributed by atoms with Gasteiger partial charge in [-0.3, -0.25) is 0 Å². The van der Waals surface area contributed by atoms with Crippen LogP contribution in [-0.2, 0) is 4.74 Å². The first kappa shape index (κ1) is 16.8. The molecule has 0 spiro atoms. The third kappa shape index (κ3) is 6.61. The van der Waals surface area contributed by atoms with Crippen LogP contribution < -0.4 is 5.32 Å². The predicted molar refractivity (Wildman–Crippen MR) is 70.1 cm³/mol. The van der Waals surface area contributed by atoms with Crippen LogP contribution in [0.15, 0.2) is 0 Å². The summed E-state index contributed by atoms with van der Waals surface area (Å²) < 4.78 is 41.4. The largest absolute Gasteiger partial charge is 0.411 e. The van der Waals surface area contributed by atoms with E-state index in [0.29, 0.717) is 18.4 Å². The van der Waals surface area contributed by atoms with Crippen LogP contribution in [0.3, 0.4) is 0 Å². The quantitative estimate of drug-likeness (QED) is 0.797. The Labute approximate surface area is 114 Å². The monoisotopic (exact) mass is 281 g/mol. The topological polar surface area (TPSA) is 21.3 Å². The Morgan fingerprint density at radius 1 is 1.26 bits per heavy atom. The minimum atomic E-state index is -4.22. The number of hydrogen-bond acceptors (Lipinski definition) is 2. The standard InChI is InChI=1S/C14H26F3NO/c1-4-10(2)11(3)18-12-6-5-7-13(8-12)19-9-14(15,16)17/h10-13,18H,4-9H2,1-3H3. The highest BCUT2D eigenvalue weighted by molar-refractivity contribution is 4.82. The summed E-state index contributed by atoms with van der Waals surface area (Å²) in [5.41, 5.74) is 0. The summed E-state index contributed by atoms with van der Waals surface area (Å²) in [4.78, 5) is 0. The van der Waals surface area contributed by atoms with Gasteiger partial charge in [0.1, 0.15) is 6.61 Å². The van der Waals surface area contributed by atoms with Crippen molar-refractivity contribution in [2.24, 2.45) is 5.92 Å². The van der Waals surface area contributed by atoms with E-state index < -0.39 is 12.8 Å². The van der Waals surface area contributed by atoms with E-state index in [0.717, 1.165) is 25.7 Å². The molecule has 0 amide bonds. The molecule has 0 radical (unpaired) electrons. The first-order valence-corrected chi connectivity index (χ1v) is 7.26. The minimum Gasteiger partial charge on any atom is -0.369 e. The summed E-state index contributed by atoms with van der Waals surface area (Å²) in [5.74, 6) is 0.580. The minimum absolute atomic E-state index is 0.253. The van der Waals surface area contributed by atoms with Crippen molar-refractivity contribution < 1.29 is 17.9 Å². The molecule has 0 aromatic rings. The van der Waals surface area contributed by atoms with Gasteiger partial charge >= 0.3 is 6.18 Å². The average molecular weight is 281 g/mol. The smallest absolute Gasteiger partial charge is 0.369 e. The van der Waals surface area contributed by atoms with Crippen LogP contribution in [0.25, 0.3) is 0 Å². The van der Waals surface area contributed by atoms with Crippen molar-refractivity contribution in [3.8, 4) is 0 Å². The van der Waals surface area contributed by atoms with Crippen molar-refractivity contribution in [3.63, 3.8) is 0 Å². The molecule has 1 aliphatic rings. The fraction of sp³-hybridized carbons (Fsp3) is 1.00. The molecule has 0 aromatic heterocycles. The zero-order valence-electron chi connectivity index (χ0n) is 12.1. The highest BCUT2D eigenvalue weighted by Crippen LogP contribution is 2.25. The lowest BCUT2D eigenvalue weighted by Gasteiger charge is -2.33. The molecule has 0 saturated heterocycles. The molecular weight excluding hydrogens is 255 g/mol. The highest BCUT2D eigenvalue weighted by Gasteiger charge is 2.31. The highest BCUT2D eigenvalue weighted by atomic mass is 19.4. The molecule has 4 atom stereocenters. The molecule has 4 unspecified atom stereocenters. The second-order valence-corrected chi connectivity index (χ2v) is 5.75. The number of hydrogen-bond donors (Lipinski definition) is 1. The Morgan fingerprint density at radius 3 is 2.53 bits per heavy atom. The molecule has 1 aliphatic carbocycles. The molecule has 2 nitrogen and oxygen atoms in total. The van der Waals surface area contributed by atoms with Gasteiger partial charge in [-0.05, 0) is 38.5 Å². The summed E-state index contributed by atoms with van der Waals surface area (Å²) in [6, 6.07) is 0.687. The van der Waals surface area contributed by atoms with Crippen molar-refractivity contribution in [2.75, 3.05) is 6.61 Å². The number of nitrogens with one attached hydrogen (secondary N) is 1. The van der Waals surface area contributed by atoms with E-state index in [1.54, 1.807) is 0 Å². The lowest BCUT2D eigenvalue weighted by atomic mass is 9.91. The maximum atomic E-state index is 12.1. The van der Waals surface area contributed by atoms with Gasteiger partial charge in [-0.2, -0.15) is 13.2 Å². The summed E-state index contributed by atoms with van der Waals surface area (Å²) in [7, 11) is 0. The molecule has 5 heteroatoms. The van der Waals surface area contributed by atoms with Gasteiger partial charge in [0.2, 0.25) is 0 Å². The lowest BCUT2D eigenvalue weighted by molar-refractivity contribution is -0.188. The number of rotatable bonds is 6. The van der Waals surface area contributed by atoms with Crippen LogP contribution in [0.2, 0.25) is 0 Å². The maximum Gasteiger partial charge on any atom is 0.411 e. The third-order valence-electron chi connectivity index (χ3n) is 4.10. The summed E-state index contributed by atoms with van der Waals surface area (Å²) in [6.07, 6.45) is 0.0411. The molecule has 1 rings (SSSR count). The fourth-order valence-corrected chi connectivity index (χ4v) is 2.55. The summed E-state index contributed by atoms with van der Waals surface area (Å²) in [6.45, 7) is 5.37. The molecule has 0 heterocycles. The second kappa shape index (κ2) is 7.48. The Bertz CT molecular complexity index is 258. The average Bonchev–Trinajstić information content (AvgIpc) is 2.35. The number of halogens is 3. The van der Waals surface area contributed by atoms with Gasteiger partial charge in [-0.15, -0.1) is 0 Å². The van der Waals surface area contributed by atoms with Crippen molar-refractivity contribution >= 4 is 0 Å². The summed E-state index contributed by atoms with van der Waals surface area (Å²) in [5, 5.41) is 3.54. The third-order valence-corrected chi connectivity index (χ3v) is 4.10. The van der Waals surface area contributed by atoms with Gasteiger partial charge in [-0.25, -0.2) is 0 Å². The Morgan fingerprint density at radius 2 is 1.95 bits per heavy atom. The molecule has 0 aliphatic heterocycles. The summed E-state index contributed by atoms with van der Waals surface area (Å²) >= 11 is 0. The van der Waals surface area contributed by atoms with Crippen molar-refractivity contribution in [3.05, 3.63) is 0 Å². The number of ether oxygens (including phenoxy) is 1. The molecule has 114 valence electrons. The molecule has 1 saturated carbocycles. The van der Waals surface area contributed by atoms with E-state index in [1.807, 2.05) is 0 Å². The van der Waals surface area contributed by atoms with Crippen LogP contribution in [0, 0.1) is 5.92 Å². The van der Waals surface area contributed by atoms with Gasteiger partial charge in [0.25, 0.3) is 0 Å².